The molecule has 7 rings (SSSR count). The highest BCUT2D eigenvalue weighted by molar-refractivity contribution is 8.00. The molecule has 13 heteroatoms. The van der Waals surface area contributed by atoms with Crippen molar-refractivity contribution in [3.8, 4) is 16.9 Å². The second-order valence-electron chi connectivity index (χ2n) is 15.7. The van der Waals surface area contributed by atoms with Crippen LogP contribution in [-0.2, 0) is 41.9 Å². The summed E-state index contributed by atoms with van der Waals surface area (Å²) in [4.78, 5) is 36.5. The predicted octanol–water partition coefficient (Wildman–Crippen LogP) is 10.3. The molecule has 4 aromatic heterocycles. The molecule has 0 amide bonds. The fourth-order valence-electron chi connectivity index (χ4n) is 7.20. The van der Waals surface area contributed by atoms with E-state index in [9.17, 15) is 18.0 Å². The molecule has 0 aliphatic heterocycles. The Kier molecular flexibility index (Phi) is 11.4. The number of nitrogens with zero attached hydrogens (tertiary/aromatic N) is 6. The summed E-state index contributed by atoms with van der Waals surface area (Å²) in [6.07, 6.45) is 7.21. The number of benzene rings is 2. The van der Waals surface area contributed by atoms with E-state index in [4.69, 9.17) is 9.47 Å². The lowest BCUT2D eigenvalue weighted by molar-refractivity contribution is -0.157. The van der Waals surface area contributed by atoms with Crippen LogP contribution in [0.4, 0.5) is 13.2 Å². The van der Waals surface area contributed by atoms with Crippen LogP contribution in [0.1, 0.15) is 86.2 Å². The second kappa shape index (κ2) is 16.3. The Labute approximate surface area is 334 Å². The summed E-state index contributed by atoms with van der Waals surface area (Å²) in [5.41, 5.74) is 5.64. The van der Waals surface area contributed by atoms with Gasteiger partial charge in [0.05, 0.1) is 40.6 Å². The summed E-state index contributed by atoms with van der Waals surface area (Å²) in [6.45, 7) is 11.1. The number of aryl methyl sites for hydroxylation is 2. The summed E-state index contributed by atoms with van der Waals surface area (Å²) in [7, 11) is 0. The van der Waals surface area contributed by atoms with Crippen molar-refractivity contribution in [1.29, 1.82) is 0 Å². The van der Waals surface area contributed by atoms with E-state index in [0.717, 1.165) is 68.6 Å². The van der Waals surface area contributed by atoms with Crippen LogP contribution in [0.15, 0.2) is 90.5 Å². The van der Waals surface area contributed by atoms with Gasteiger partial charge in [0, 0.05) is 63.4 Å². The number of thioether (sulfide) groups is 1. The maximum absolute atomic E-state index is 14.3. The first kappa shape index (κ1) is 39.9. The monoisotopic (exact) mass is 794 g/mol. The number of hydrogen-bond acceptors (Lipinski definition) is 9. The predicted molar refractivity (Wildman–Crippen MR) is 214 cm³/mol. The Morgan fingerprint density at radius 3 is 2.02 bits per heavy atom. The van der Waals surface area contributed by atoms with E-state index in [1.165, 1.54) is 12.3 Å². The molecule has 0 radical (unpaired) electrons. The van der Waals surface area contributed by atoms with Gasteiger partial charge in [-0.15, -0.1) is 11.8 Å². The highest BCUT2D eigenvalue weighted by atomic mass is 32.2. The minimum Gasteiger partial charge on any atom is -0.487 e. The van der Waals surface area contributed by atoms with E-state index in [2.05, 4.69) is 62.4 Å². The maximum atomic E-state index is 14.3. The molecule has 1 aliphatic carbocycles. The Morgan fingerprint density at radius 1 is 0.789 bits per heavy atom. The van der Waals surface area contributed by atoms with Crippen LogP contribution in [0, 0.1) is 19.3 Å². The van der Waals surface area contributed by atoms with Crippen molar-refractivity contribution < 1.29 is 27.4 Å². The molecule has 0 atom stereocenters. The number of carbonyl (C=O) groups is 1. The number of ether oxygens (including phenoxy) is 2. The molecular weight excluding hydrogens is 750 g/mol. The van der Waals surface area contributed by atoms with E-state index in [1.54, 1.807) is 36.5 Å². The minimum atomic E-state index is -4.50. The SMILES string of the molecule is Cc1cnc(COC(=O)C2(Cc3c(SC(C)(C)C)c4cc(OCc5cnc(C)cn5)ccc4n3Cc3ccc(-c4ccc(C(F)(F)F)nc4)cc3)CCCC2)cn1. The number of esters is 1. The van der Waals surface area contributed by atoms with Gasteiger partial charge in [0.25, 0.3) is 0 Å². The van der Waals surface area contributed by atoms with Gasteiger partial charge in [-0.25, -0.2) is 0 Å². The smallest absolute Gasteiger partial charge is 0.433 e. The number of hydrogen-bond donors (Lipinski definition) is 0. The van der Waals surface area contributed by atoms with Crippen LogP contribution in [0.2, 0.25) is 0 Å². The Balaban J connectivity index is 1.27. The van der Waals surface area contributed by atoms with Crippen molar-refractivity contribution in [3.63, 3.8) is 0 Å². The fourth-order valence-corrected chi connectivity index (χ4v) is 8.39. The van der Waals surface area contributed by atoms with Crippen molar-refractivity contribution in [2.24, 2.45) is 5.41 Å². The highest BCUT2D eigenvalue weighted by Crippen LogP contribution is 2.48. The third-order valence-electron chi connectivity index (χ3n) is 10.1. The van der Waals surface area contributed by atoms with Crippen LogP contribution < -0.4 is 4.74 Å². The van der Waals surface area contributed by atoms with Gasteiger partial charge in [0.2, 0.25) is 0 Å². The van der Waals surface area contributed by atoms with Gasteiger partial charge in [0.1, 0.15) is 24.7 Å². The number of alkyl halides is 3. The average molecular weight is 795 g/mol. The van der Waals surface area contributed by atoms with Crippen molar-refractivity contribution in [3.05, 3.63) is 125 Å². The zero-order valence-electron chi connectivity index (χ0n) is 32.7. The van der Waals surface area contributed by atoms with E-state index < -0.39 is 17.3 Å². The normalized spacial score (nSPS) is 14.2. The molecule has 0 N–H and O–H groups in total. The van der Waals surface area contributed by atoms with E-state index in [0.29, 0.717) is 42.8 Å². The maximum Gasteiger partial charge on any atom is 0.433 e. The summed E-state index contributed by atoms with van der Waals surface area (Å²) in [6, 6.07) is 16.3. The van der Waals surface area contributed by atoms with Gasteiger partial charge >= 0.3 is 12.1 Å². The van der Waals surface area contributed by atoms with Gasteiger partial charge in [-0.1, -0.05) is 63.9 Å². The molecule has 0 spiro atoms. The Morgan fingerprint density at radius 2 is 1.44 bits per heavy atom. The van der Waals surface area contributed by atoms with Crippen LogP contribution >= 0.6 is 11.8 Å². The number of halogens is 3. The van der Waals surface area contributed by atoms with Crippen LogP contribution in [0.25, 0.3) is 22.0 Å². The number of fused-ring (bicyclic) bond motifs is 1. The fraction of sp³-hybridized carbons (Fsp3) is 0.364. The Bertz CT molecular complexity index is 2330. The first-order valence-electron chi connectivity index (χ1n) is 19.0. The van der Waals surface area contributed by atoms with Crippen LogP contribution in [-0.4, -0.2) is 40.2 Å². The number of aromatic nitrogens is 6. The van der Waals surface area contributed by atoms with Crippen molar-refractivity contribution >= 4 is 28.6 Å². The second-order valence-corrected chi connectivity index (χ2v) is 17.5. The first-order valence-corrected chi connectivity index (χ1v) is 19.8. The molecular formula is C44H45F3N6O3S. The van der Waals surface area contributed by atoms with Gasteiger partial charge in [0.15, 0.2) is 0 Å². The summed E-state index contributed by atoms with van der Waals surface area (Å²) < 4.78 is 53.9. The topological polar surface area (TPSA) is 105 Å². The average Bonchev–Trinajstić information content (AvgIpc) is 3.77. The van der Waals surface area contributed by atoms with Gasteiger partial charge in [-0.05, 0) is 62.1 Å². The van der Waals surface area contributed by atoms with Crippen molar-refractivity contribution in [2.45, 2.75) is 102 Å². The molecule has 0 unspecified atom stereocenters. The summed E-state index contributed by atoms with van der Waals surface area (Å²) in [5.74, 6) is 0.455. The van der Waals surface area contributed by atoms with E-state index >= 15 is 0 Å². The van der Waals surface area contributed by atoms with Crippen LogP contribution in [0.3, 0.4) is 0 Å². The molecule has 2 aromatic carbocycles. The Hall–Kier alpha value is -5.30. The van der Waals surface area contributed by atoms with E-state index in [1.807, 2.05) is 44.2 Å². The molecule has 9 nitrogen and oxygen atoms in total. The summed E-state index contributed by atoms with van der Waals surface area (Å²) in [5, 5.41) is 1.02. The van der Waals surface area contributed by atoms with Gasteiger partial charge in [-0.3, -0.25) is 29.7 Å². The molecule has 1 aliphatic rings. The van der Waals surface area contributed by atoms with Crippen molar-refractivity contribution in [1.82, 2.24) is 29.5 Å². The first-order chi connectivity index (χ1) is 27.2. The van der Waals surface area contributed by atoms with Crippen molar-refractivity contribution in [2.75, 3.05) is 0 Å². The van der Waals surface area contributed by atoms with Gasteiger partial charge < -0.3 is 14.0 Å². The quantitative estimate of drug-likeness (QED) is 0.0884. The molecule has 296 valence electrons. The lowest BCUT2D eigenvalue weighted by atomic mass is 9.81. The zero-order chi connectivity index (χ0) is 40.4. The molecule has 4 heterocycles. The molecule has 6 aromatic rings. The summed E-state index contributed by atoms with van der Waals surface area (Å²) >= 11 is 1.76. The zero-order valence-corrected chi connectivity index (χ0v) is 33.5. The van der Waals surface area contributed by atoms with Crippen LogP contribution in [0.5, 0.6) is 5.75 Å². The lowest BCUT2D eigenvalue weighted by Crippen LogP contribution is -2.33. The molecule has 57 heavy (non-hydrogen) atoms. The molecule has 1 saturated carbocycles. The van der Waals surface area contributed by atoms with E-state index in [-0.39, 0.29) is 23.9 Å². The number of pyridine rings is 1. The number of rotatable bonds is 12. The molecule has 0 saturated heterocycles. The van der Waals surface area contributed by atoms with Gasteiger partial charge in [-0.2, -0.15) is 13.2 Å². The molecule has 1 fully saturated rings. The third-order valence-corrected chi connectivity index (χ3v) is 11.4. The third kappa shape index (κ3) is 9.47. The largest absolute Gasteiger partial charge is 0.487 e. The minimum absolute atomic E-state index is 0.0489. The highest BCUT2D eigenvalue weighted by Gasteiger charge is 2.44. The molecule has 0 bridgehead atoms. The lowest BCUT2D eigenvalue weighted by Gasteiger charge is -2.29. The standard InChI is InChI=1S/C44H45F3N6O3S/c1-28-20-50-33(23-48-28)26-55-35-13-14-37-36(18-35)40(57-42(3,4)5)38(19-43(16-6-7-17-43)41(54)56-27-34-24-49-29(2)21-51-34)53(37)25-30-8-10-31(11-9-30)32-12-15-39(52-22-32)44(45,46)47/h8-15,18,20-24H,6-7,16-17,19,25-27H2,1-5H3. The number of carbonyl (C=O) groups excluding carboxylic acids is 1.